The summed E-state index contributed by atoms with van der Waals surface area (Å²) in [5, 5.41) is 7.44. The number of halogens is 2. The van der Waals surface area contributed by atoms with Crippen molar-refractivity contribution in [1.29, 1.82) is 0 Å². The molecule has 0 saturated carbocycles. The quantitative estimate of drug-likeness (QED) is 0.287. The molecule has 1 heterocycles. The normalized spacial score (nSPS) is 12.0. The van der Waals surface area contributed by atoms with Gasteiger partial charge in [-0.15, -0.1) is 0 Å². The number of nitrogens with one attached hydrogen (secondary N) is 2. The Labute approximate surface area is 225 Å². The third-order valence-corrected chi connectivity index (χ3v) is 7.38. The molecule has 0 unspecified atom stereocenters. The summed E-state index contributed by atoms with van der Waals surface area (Å²) < 4.78 is 63.9. The van der Waals surface area contributed by atoms with Crippen LogP contribution in [0.4, 0.5) is 14.6 Å². The molecule has 4 rings (SSSR count). The second kappa shape index (κ2) is 10.6. The fourth-order valence-electron chi connectivity index (χ4n) is 3.94. The van der Waals surface area contributed by atoms with Crippen LogP contribution in [0.3, 0.4) is 0 Å². The molecule has 206 valence electrons. The monoisotopic (exact) mass is 557 g/mol. The molecule has 9 nitrogen and oxygen atoms in total. The average molecular weight is 558 g/mol. The number of nitrogens with zero attached hydrogens (tertiary/aromatic N) is 2. The maximum atomic E-state index is 14.5. The lowest BCUT2D eigenvalue weighted by molar-refractivity contribution is -0.125. The number of fused-ring (bicyclic) bond motifs is 1. The van der Waals surface area contributed by atoms with Gasteiger partial charge in [-0.2, -0.15) is 5.10 Å². The zero-order valence-electron chi connectivity index (χ0n) is 21.9. The Morgan fingerprint density at radius 2 is 1.82 bits per heavy atom. The number of aromatic nitrogens is 2. The molecule has 0 spiro atoms. The van der Waals surface area contributed by atoms with Crippen LogP contribution in [-0.4, -0.2) is 36.8 Å². The standard InChI is InChI=1S/C27H29F2N5O4S/c1-16-8-9-20(13-21(16)29)39(36,37)33-25-24-22(11-19(28)12-23(24)38-4)34(32-25)15-18-7-5-6-17(10-18)14-31-26(35)27(2,3)30/h5-13H,14-15,30H2,1-4H3,(H,31,35)(H,32,33). The number of carbonyl (C=O) groups is 1. The van der Waals surface area contributed by atoms with Crippen LogP contribution >= 0.6 is 0 Å². The predicted molar refractivity (Wildman–Crippen MR) is 144 cm³/mol. The van der Waals surface area contributed by atoms with Crippen LogP contribution in [0.15, 0.2) is 59.5 Å². The number of rotatable bonds is 9. The Balaban J connectivity index is 1.70. The molecule has 0 aliphatic rings. The van der Waals surface area contributed by atoms with Crippen molar-refractivity contribution < 1.29 is 26.7 Å². The Hall–Kier alpha value is -4.03. The van der Waals surface area contributed by atoms with E-state index in [1.165, 1.54) is 36.9 Å². The first-order chi connectivity index (χ1) is 18.3. The lowest BCUT2D eigenvalue weighted by atomic mass is 10.1. The van der Waals surface area contributed by atoms with Crippen LogP contribution in [0.25, 0.3) is 10.9 Å². The van der Waals surface area contributed by atoms with Crippen LogP contribution in [0.1, 0.15) is 30.5 Å². The summed E-state index contributed by atoms with van der Waals surface area (Å²) in [4.78, 5) is 11.8. The number of sulfonamides is 1. The van der Waals surface area contributed by atoms with Crippen molar-refractivity contribution in [2.24, 2.45) is 5.73 Å². The number of ether oxygens (including phenoxy) is 1. The minimum atomic E-state index is -4.24. The molecule has 1 aromatic heterocycles. The molecule has 0 aliphatic carbocycles. The molecular weight excluding hydrogens is 528 g/mol. The van der Waals surface area contributed by atoms with Crippen LogP contribution in [0.5, 0.6) is 5.75 Å². The van der Waals surface area contributed by atoms with Crippen LogP contribution in [-0.2, 0) is 27.9 Å². The third-order valence-electron chi connectivity index (χ3n) is 6.05. The summed E-state index contributed by atoms with van der Waals surface area (Å²) in [7, 11) is -2.91. The molecule has 12 heteroatoms. The van der Waals surface area contributed by atoms with Crippen molar-refractivity contribution in [2.75, 3.05) is 11.8 Å². The molecular formula is C27H29F2N5O4S. The van der Waals surface area contributed by atoms with E-state index < -0.39 is 27.2 Å². The highest BCUT2D eigenvalue weighted by molar-refractivity contribution is 7.92. The highest BCUT2D eigenvalue weighted by Gasteiger charge is 2.24. The average Bonchev–Trinajstić information content (AvgIpc) is 3.18. The SMILES string of the molecule is COc1cc(F)cc2c1c(NS(=O)(=O)c1ccc(C)c(F)c1)nn2Cc1cccc(CNC(=O)C(C)(C)N)c1. The molecule has 0 fully saturated rings. The van der Waals surface area contributed by atoms with Crippen molar-refractivity contribution in [3.8, 4) is 5.75 Å². The van der Waals surface area contributed by atoms with E-state index in [2.05, 4.69) is 15.1 Å². The van der Waals surface area contributed by atoms with E-state index in [0.717, 1.165) is 23.3 Å². The van der Waals surface area contributed by atoms with Gasteiger partial charge in [0.1, 0.15) is 17.4 Å². The fraction of sp³-hybridized carbons (Fsp3) is 0.259. The van der Waals surface area contributed by atoms with Crippen molar-refractivity contribution in [2.45, 2.75) is 44.3 Å². The van der Waals surface area contributed by atoms with Crippen LogP contribution in [0, 0.1) is 18.6 Å². The number of hydrogen-bond acceptors (Lipinski definition) is 6. The summed E-state index contributed by atoms with van der Waals surface area (Å²) in [5.41, 5.74) is 6.94. The van der Waals surface area contributed by atoms with Gasteiger partial charge in [0, 0.05) is 18.7 Å². The first-order valence-corrected chi connectivity index (χ1v) is 13.4. The van der Waals surface area contributed by atoms with Gasteiger partial charge < -0.3 is 15.8 Å². The zero-order valence-corrected chi connectivity index (χ0v) is 22.7. The summed E-state index contributed by atoms with van der Waals surface area (Å²) in [6.07, 6.45) is 0. The van der Waals surface area contributed by atoms with Gasteiger partial charge in [-0.1, -0.05) is 30.3 Å². The smallest absolute Gasteiger partial charge is 0.263 e. The number of carbonyl (C=O) groups excluding carboxylic acids is 1. The second-order valence-corrected chi connectivity index (χ2v) is 11.4. The summed E-state index contributed by atoms with van der Waals surface area (Å²) >= 11 is 0. The van der Waals surface area contributed by atoms with E-state index in [1.807, 2.05) is 18.2 Å². The van der Waals surface area contributed by atoms with E-state index in [0.29, 0.717) is 5.56 Å². The van der Waals surface area contributed by atoms with Gasteiger partial charge in [0.15, 0.2) is 5.82 Å². The Kier molecular flexibility index (Phi) is 7.62. The maximum Gasteiger partial charge on any atom is 0.263 e. The van der Waals surface area contributed by atoms with Gasteiger partial charge >= 0.3 is 0 Å². The van der Waals surface area contributed by atoms with Gasteiger partial charge in [0.2, 0.25) is 5.91 Å². The molecule has 4 N–H and O–H groups in total. The summed E-state index contributed by atoms with van der Waals surface area (Å²) in [6, 6.07) is 13.2. The third kappa shape index (κ3) is 6.18. The molecule has 0 radical (unpaired) electrons. The first kappa shape index (κ1) is 28.0. The number of methoxy groups -OCH3 is 1. The molecule has 39 heavy (non-hydrogen) atoms. The van der Waals surface area contributed by atoms with E-state index in [9.17, 15) is 22.0 Å². The number of hydrogen-bond donors (Lipinski definition) is 3. The Morgan fingerprint density at radius 1 is 1.10 bits per heavy atom. The number of benzene rings is 3. The topological polar surface area (TPSA) is 128 Å². The minimum absolute atomic E-state index is 0.0740. The predicted octanol–water partition coefficient (Wildman–Crippen LogP) is 3.83. The lowest BCUT2D eigenvalue weighted by Gasteiger charge is -2.18. The van der Waals surface area contributed by atoms with Gasteiger partial charge in [-0.3, -0.25) is 14.2 Å². The fourth-order valence-corrected chi connectivity index (χ4v) is 4.96. The van der Waals surface area contributed by atoms with Crippen molar-refractivity contribution in [1.82, 2.24) is 15.1 Å². The van der Waals surface area contributed by atoms with Crippen LogP contribution < -0.4 is 20.5 Å². The van der Waals surface area contributed by atoms with Crippen molar-refractivity contribution in [3.63, 3.8) is 0 Å². The number of anilines is 1. The van der Waals surface area contributed by atoms with Gasteiger partial charge in [0.05, 0.1) is 35.0 Å². The van der Waals surface area contributed by atoms with Gasteiger partial charge in [-0.25, -0.2) is 17.2 Å². The number of nitrogens with two attached hydrogens (primary N) is 1. The van der Waals surface area contributed by atoms with Crippen LogP contribution in [0.2, 0.25) is 0 Å². The molecule has 0 aliphatic heterocycles. The van der Waals surface area contributed by atoms with E-state index in [1.54, 1.807) is 19.9 Å². The number of aryl methyl sites for hydroxylation is 1. The molecule has 3 aromatic carbocycles. The summed E-state index contributed by atoms with van der Waals surface area (Å²) in [6.45, 7) is 5.13. The van der Waals surface area contributed by atoms with E-state index in [-0.39, 0.29) is 46.4 Å². The van der Waals surface area contributed by atoms with E-state index >= 15 is 0 Å². The maximum absolute atomic E-state index is 14.5. The molecule has 1 amide bonds. The second-order valence-electron chi connectivity index (χ2n) is 9.75. The minimum Gasteiger partial charge on any atom is -0.496 e. The van der Waals surface area contributed by atoms with Gasteiger partial charge in [0.25, 0.3) is 10.0 Å². The Bertz CT molecular complexity index is 1660. The first-order valence-electron chi connectivity index (χ1n) is 12.0. The summed E-state index contributed by atoms with van der Waals surface area (Å²) in [5.74, 6) is -1.60. The molecule has 0 saturated heterocycles. The van der Waals surface area contributed by atoms with Crippen molar-refractivity contribution >= 4 is 32.7 Å². The molecule has 4 aromatic rings. The van der Waals surface area contributed by atoms with E-state index in [4.69, 9.17) is 10.5 Å². The lowest BCUT2D eigenvalue weighted by Crippen LogP contribution is -2.48. The highest BCUT2D eigenvalue weighted by atomic mass is 32.2. The Morgan fingerprint density at radius 3 is 2.49 bits per heavy atom. The number of amides is 1. The molecule has 0 bridgehead atoms. The zero-order chi connectivity index (χ0) is 28.5. The highest BCUT2D eigenvalue weighted by Crippen LogP contribution is 2.35. The van der Waals surface area contributed by atoms with Gasteiger partial charge in [-0.05, 0) is 49.6 Å². The molecule has 0 atom stereocenters. The van der Waals surface area contributed by atoms with Crippen molar-refractivity contribution in [3.05, 3.63) is 82.9 Å². The largest absolute Gasteiger partial charge is 0.496 e.